The highest BCUT2D eigenvalue weighted by Crippen LogP contribution is 2.21. The molecule has 76 valence electrons. The first-order valence-electron chi connectivity index (χ1n) is 3.77. The SMILES string of the molecule is NNC(=O)C[S+]([O-])c1ccccc1Cl. The Morgan fingerprint density at radius 3 is 2.79 bits per heavy atom. The normalized spacial score (nSPS) is 12.2. The van der Waals surface area contributed by atoms with Crippen LogP contribution in [0.15, 0.2) is 29.2 Å². The fourth-order valence-electron chi connectivity index (χ4n) is 0.868. The zero-order valence-electron chi connectivity index (χ0n) is 7.20. The number of nitrogens with two attached hydrogens (primary N) is 1. The summed E-state index contributed by atoms with van der Waals surface area (Å²) in [5.74, 6) is 4.21. The van der Waals surface area contributed by atoms with Crippen LogP contribution in [0.3, 0.4) is 0 Å². The molecule has 0 fully saturated rings. The van der Waals surface area contributed by atoms with Crippen LogP contribution in [0.4, 0.5) is 0 Å². The third-order valence-corrected chi connectivity index (χ3v) is 3.32. The molecular formula is C8H9ClN2O2S. The van der Waals surface area contributed by atoms with E-state index < -0.39 is 17.1 Å². The molecule has 0 aliphatic heterocycles. The molecule has 1 rings (SSSR count). The molecule has 6 heteroatoms. The van der Waals surface area contributed by atoms with Crippen LogP contribution >= 0.6 is 11.6 Å². The van der Waals surface area contributed by atoms with E-state index in [1.165, 1.54) is 0 Å². The average Bonchev–Trinajstić information content (AvgIpc) is 2.18. The second-order valence-electron chi connectivity index (χ2n) is 2.49. The Morgan fingerprint density at radius 1 is 1.57 bits per heavy atom. The fourth-order valence-corrected chi connectivity index (χ4v) is 2.25. The third-order valence-electron chi connectivity index (χ3n) is 1.51. The van der Waals surface area contributed by atoms with Gasteiger partial charge in [-0.1, -0.05) is 23.7 Å². The summed E-state index contributed by atoms with van der Waals surface area (Å²) in [5, 5.41) is 0.385. The van der Waals surface area contributed by atoms with Crippen molar-refractivity contribution in [2.45, 2.75) is 4.90 Å². The number of halogens is 1. The molecule has 0 bridgehead atoms. The minimum absolute atomic E-state index is 0.180. The standard InChI is InChI=1S/C8H9ClN2O2S/c9-6-3-1-2-4-7(6)14(13)5-8(12)11-10/h1-4H,5,10H2,(H,11,12). The van der Waals surface area contributed by atoms with E-state index in [0.29, 0.717) is 9.92 Å². The average molecular weight is 233 g/mol. The van der Waals surface area contributed by atoms with Crippen molar-refractivity contribution in [2.24, 2.45) is 5.84 Å². The molecule has 0 aliphatic carbocycles. The molecule has 14 heavy (non-hydrogen) atoms. The Kier molecular flexibility index (Phi) is 4.21. The van der Waals surface area contributed by atoms with Gasteiger partial charge in [-0.05, 0) is 23.3 Å². The van der Waals surface area contributed by atoms with E-state index in [0.717, 1.165) is 0 Å². The number of rotatable bonds is 3. The lowest BCUT2D eigenvalue weighted by Gasteiger charge is -2.09. The maximum atomic E-state index is 11.5. The van der Waals surface area contributed by atoms with E-state index >= 15 is 0 Å². The quantitative estimate of drug-likeness (QED) is 0.344. The number of carbonyl (C=O) groups is 1. The smallest absolute Gasteiger partial charge is 0.284 e. The summed E-state index contributed by atoms with van der Waals surface area (Å²) in [6.45, 7) is 0. The van der Waals surface area contributed by atoms with Gasteiger partial charge in [0.15, 0.2) is 10.6 Å². The maximum Gasteiger partial charge on any atom is 0.284 e. The summed E-state index contributed by atoms with van der Waals surface area (Å²) in [6.07, 6.45) is 0. The van der Waals surface area contributed by atoms with Crippen molar-refractivity contribution in [3.05, 3.63) is 29.3 Å². The summed E-state index contributed by atoms with van der Waals surface area (Å²) >= 11 is 4.34. The van der Waals surface area contributed by atoms with E-state index in [2.05, 4.69) is 0 Å². The molecule has 0 saturated carbocycles. The van der Waals surface area contributed by atoms with Crippen LogP contribution in [-0.4, -0.2) is 16.2 Å². The minimum atomic E-state index is -1.45. The van der Waals surface area contributed by atoms with Crippen LogP contribution in [-0.2, 0) is 16.0 Å². The first-order chi connectivity index (χ1) is 6.65. The van der Waals surface area contributed by atoms with Crippen LogP contribution in [0, 0.1) is 0 Å². The Morgan fingerprint density at radius 2 is 2.21 bits per heavy atom. The lowest BCUT2D eigenvalue weighted by atomic mass is 10.4. The van der Waals surface area contributed by atoms with Crippen molar-refractivity contribution in [3.63, 3.8) is 0 Å². The predicted molar refractivity (Wildman–Crippen MR) is 55.1 cm³/mol. The van der Waals surface area contributed by atoms with Crippen LogP contribution in [0.25, 0.3) is 0 Å². The number of nitrogens with one attached hydrogen (secondary N) is 1. The Balaban J connectivity index is 2.74. The Labute approximate surface area is 89.6 Å². The highest BCUT2D eigenvalue weighted by molar-refractivity contribution is 7.92. The summed E-state index contributed by atoms with van der Waals surface area (Å²) in [4.78, 5) is 11.3. The van der Waals surface area contributed by atoms with Crippen molar-refractivity contribution >= 4 is 28.7 Å². The van der Waals surface area contributed by atoms with E-state index in [1.807, 2.05) is 5.43 Å². The van der Waals surface area contributed by atoms with Gasteiger partial charge in [0.25, 0.3) is 5.91 Å². The van der Waals surface area contributed by atoms with E-state index in [4.69, 9.17) is 17.4 Å². The summed E-state index contributed by atoms with van der Waals surface area (Å²) < 4.78 is 11.5. The lowest BCUT2D eigenvalue weighted by molar-refractivity contribution is -0.118. The number of hydrogen-bond acceptors (Lipinski definition) is 3. The van der Waals surface area contributed by atoms with Gasteiger partial charge in [0.1, 0.15) is 0 Å². The number of hydrazine groups is 1. The third kappa shape index (κ3) is 2.88. The number of amides is 1. The molecule has 3 N–H and O–H groups in total. The van der Waals surface area contributed by atoms with Gasteiger partial charge < -0.3 is 4.55 Å². The van der Waals surface area contributed by atoms with Crippen molar-refractivity contribution in [3.8, 4) is 0 Å². The maximum absolute atomic E-state index is 11.5. The van der Waals surface area contributed by atoms with E-state index in [1.54, 1.807) is 24.3 Å². The van der Waals surface area contributed by atoms with Crippen molar-refractivity contribution in [1.82, 2.24) is 5.43 Å². The lowest BCUT2D eigenvalue weighted by Crippen LogP contribution is -2.35. The highest BCUT2D eigenvalue weighted by atomic mass is 35.5. The molecule has 0 spiro atoms. The highest BCUT2D eigenvalue weighted by Gasteiger charge is 2.18. The number of benzene rings is 1. The van der Waals surface area contributed by atoms with Gasteiger partial charge in [0.05, 0.1) is 5.02 Å². The first-order valence-corrected chi connectivity index (χ1v) is 5.47. The van der Waals surface area contributed by atoms with E-state index in [-0.39, 0.29) is 5.75 Å². The molecule has 0 aliphatic rings. The van der Waals surface area contributed by atoms with Crippen molar-refractivity contribution in [1.29, 1.82) is 0 Å². The molecule has 1 aromatic rings. The fraction of sp³-hybridized carbons (Fsp3) is 0.125. The molecule has 0 heterocycles. The molecule has 1 amide bonds. The van der Waals surface area contributed by atoms with Gasteiger partial charge in [0, 0.05) is 0 Å². The monoisotopic (exact) mass is 232 g/mol. The van der Waals surface area contributed by atoms with Gasteiger partial charge in [-0.15, -0.1) is 0 Å². The van der Waals surface area contributed by atoms with Gasteiger partial charge in [-0.3, -0.25) is 10.2 Å². The van der Waals surface area contributed by atoms with Crippen LogP contribution < -0.4 is 11.3 Å². The van der Waals surface area contributed by atoms with Crippen molar-refractivity contribution in [2.75, 3.05) is 5.75 Å². The molecule has 0 radical (unpaired) electrons. The predicted octanol–water partition coefficient (Wildman–Crippen LogP) is 0.437. The largest absolute Gasteiger partial charge is 0.611 e. The zero-order valence-corrected chi connectivity index (χ0v) is 8.77. The second-order valence-corrected chi connectivity index (χ2v) is 4.31. The second kappa shape index (κ2) is 5.21. The summed E-state index contributed by atoms with van der Waals surface area (Å²) in [6, 6.07) is 6.67. The summed E-state index contributed by atoms with van der Waals surface area (Å²) in [5.41, 5.74) is 1.91. The molecule has 4 nitrogen and oxygen atoms in total. The topological polar surface area (TPSA) is 78.2 Å². The number of carbonyl (C=O) groups excluding carboxylic acids is 1. The molecule has 1 unspecified atom stereocenters. The molecular weight excluding hydrogens is 224 g/mol. The van der Waals surface area contributed by atoms with Crippen molar-refractivity contribution < 1.29 is 9.35 Å². The molecule has 1 atom stereocenters. The minimum Gasteiger partial charge on any atom is -0.611 e. The number of hydrogen-bond donors (Lipinski definition) is 2. The molecule has 1 aromatic carbocycles. The van der Waals surface area contributed by atoms with Gasteiger partial charge in [-0.2, -0.15) is 0 Å². The van der Waals surface area contributed by atoms with Crippen LogP contribution in [0.2, 0.25) is 5.02 Å². The molecule has 0 aromatic heterocycles. The Bertz CT molecular complexity index is 335. The van der Waals surface area contributed by atoms with Crippen LogP contribution in [0.1, 0.15) is 0 Å². The zero-order chi connectivity index (χ0) is 10.6. The van der Waals surface area contributed by atoms with Gasteiger partial charge >= 0.3 is 0 Å². The van der Waals surface area contributed by atoms with Gasteiger partial charge in [0.2, 0.25) is 0 Å². The van der Waals surface area contributed by atoms with E-state index in [9.17, 15) is 9.35 Å². The van der Waals surface area contributed by atoms with Gasteiger partial charge in [-0.25, -0.2) is 5.84 Å². The van der Waals surface area contributed by atoms with Crippen LogP contribution in [0.5, 0.6) is 0 Å². The molecule has 0 saturated heterocycles. The first kappa shape index (κ1) is 11.3. The summed E-state index contributed by atoms with van der Waals surface area (Å²) in [7, 11) is 0. The Hall–Kier alpha value is -0.750.